The molecule has 0 aliphatic carbocycles. The molecule has 0 aliphatic heterocycles. The third kappa shape index (κ3) is 6.02. The molecule has 0 spiro atoms. The third-order valence-electron chi connectivity index (χ3n) is 5.03. The highest BCUT2D eigenvalue weighted by molar-refractivity contribution is 7.13. The van der Waals surface area contributed by atoms with Crippen LogP contribution in [0.1, 0.15) is 21.5 Å². The van der Waals surface area contributed by atoms with Gasteiger partial charge < -0.3 is 16.0 Å². The molecule has 0 aliphatic rings. The number of amides is 2. The van der Waals surface area contributed by atoms with Crippen LogP contribution < -0.4 is 11.1 Å². The molecular formula is C25H23N5O2S. The first kappa shape index (κ1) is 22.2. The van der Waals surface area contributed by atoms with Crippen LogP contribution in [0.2, 0.25) is 0 Å². The number of nitrogens with one attached hydrogen (secondary N) is 1. The van der Waals surface area contributed by atoms with Crippen LogP contribution in [0.4, 0.5) is 5.13 Å². The predicted molar refractivity (Wildman–Crippen MR) is 129 cm³/mol. The number of benzene rings is 2. The summed E-state index contributed by atoms with van der Waals surface area (Å²) in [5.41, 5.74) is 9.89. The van der Waals surface area contributed by atoms with Crippen LogP contribution >= 0.6 is 11.3 Å². The first-order valence-corrected chi connectivity index (χ1v) is 11.3. The quantitative estimate of drug-likeness (QED) is 0.420. The second-order valence-corrected chi connectivity index (χ2v) is 8.32. The number of anilines is 1. The van der Waals surface area contributed by atoms with E-state index in [2.05, 4.69) is 15.3 Å². The van der Waals surface area contributed by atoms with E-state index in [1.54, 1.807) is 24.5 Å². The molecule has 0 atom stereocenters. The molecule has 2 heterocycles. The number of pyridine rings is 1. The Balaban J connectivity index is 1.39. The van der Waals surface area contributed by atoms with Crippen molar-refractivity contribution in [3.63, 3.8) is 0 Å². The fourth-order valence-corrected chi connectivity index (χ4v) is 3.90. The van der Waals surface area contributed by atoms with E-state index in [4.69, 9.17) is 5.73 Å². The summed E-state index contributed by atoms with van der Waals surface area (Å²) >= 11 is 1.40. The summed E-state index contributed by atoms with van der Waals surface area (Å²) in [6, 6.07) is 20.7. The fourth-order valence-electron chi connectivity index (χ4n) is 3.32. The van der Waals surface area contributed by atoms with Gasteiger partial charge >= 0.3 is 0 Å². The van der Waals surface area contributed by atoms with Gasteiger partial charge in [0.2, 0.25) is 5.91 Å². The third-order valence-corrected chi connectivity index (χ3v) is 5.70. The van der Waals surface area contributed by atoms with Crippen molar-refractivity contribution in [2.75, 3.05) is 12.3 Å². The average molecular weight is 458 g/mol. The van der Waals surface area contributed by atoms with Gasteiger partial charge in [0.05, 0.1) is 5.69 Å². The Morgan fingerprint density at radius 2 is 1.67 bits per heavy atom. The molecule has 0 bridgehead atoms. The van der Waals surface area contributed by atoms with E-state index in [-0.39, 0.29) is 18.4 Å². The predicted octanol–water partition coefficient (Wildman–Crippen LogP) is 3.75. The van der Waals surface area contributed by atoms with Crippen LogP contribution in [0, 0.1) is 0 Å². The summed E-state index contributed by atoms with van der Waals surface area (Å²) < 4.78 is 0. The van der Waals surface area contributed by atoms with Crippen LogP contribution in [0.15, 0.2) is 84.5 Å². The Labute approximate surface area is 195 Å². The zero-order valence-corrected chi connectivity index (χ0v) is 18.7. The van der Waals surface area contributed by atoms with Crippen LogP contribution in [0.25, 0.3) is 11.3 Å². The maximum absolute atomic E-state index is 13.0. The standard InChI is InChI=1S/C25H23N5O2S/c26-25-29-22(17-33-25)20-8-6-18(7-9-20)14-28-23(31)16-30(15-19-4-2-1-3-5-19)24(32)21-10-12-27-13-11-21/h1-13,17H,14-16H2,(H2,26,29)(H,28,31). The number of hydrogen-bond donors (Lipinski definition) is 2. The number of carbonyl (C=O) groups excluding carboxylic acids is 2. The van der Waals surface area contributed by atoms with Gasteiger partial charge in [0.25, 0.3) is 5.91 Å². The monoisotopic (exact) mass is 457 g/mol. The molecule has 2 aromatic carbocycles. The van der Waals surface area contributed by atoms with Crippen molar-refractivity contribution in [3.8, 4) is 11.3 Å². The molecule has 2 amide bonds. The molecule has 0 saturated carbocycles. The van der Waals surface area contributed by atoms with Gasteiger partial charge in [-0.15, -0.1) is 11.3 Å². The summed E-state index contributed by atoms with van der Waals surface area (Å²) in [5.74, 6) is -0.451. The number of rotatable bonds is 8. The Kier molecular flexibility index (Phi) is 7.06. The SMILES string of the molecule is Nc1nc(-c2ccc(CNC(=O)CN(Cc3ccccc3)C(=O)c3ccncc3)cc2)cs1. The minimum absolute atomic E-state index is 0.0494. The molecule has 33 heavy (non-hydrogen) atoms. The molecule has 0 radical (unpaired) electrons. The number of nitrogen functional groups attached to an aromatic ring is 1. The molecular weight excluding hydrogens is 434 g/mol. The lowest BCUT2D eigenvalue weighted by molar-refractivity contribution is -0.122. The topological polar surface area (TPSA) is 101 Å². The summed E-state index contributed by atoms with van der Waals surface area (Å²) in [7, 11) is 0. The van der Waals surface area contributed by atoms with Crippen molar-refractivity contribution in [2.45, 2.75) is 13.1 Å². The number of aromatic nitrogens is 2. The number of thiazole rings is 1. The second-order valence-electron chi connectivity index (χ2n) is 7.43. The van der Waals surface area contributed by atoms with E-state index in [0.29, 0.717) is 23.8 Å². The Morgan fingerprint density at radius 3 is 2.33 bits per heavy atom. The van der Waals surface area contributed by atoms with Gasteiger partial charge in [0.1, 0.15) is 6.54 Å². The van der Waals surface area contributed by atoms with Gasteiger partial charge in [-0.1, -0.05) is 54.6 Å². The fraction of sp³-hybridized carbons (Fsp3) is 0.120. The summed E-state index contributed by atoms with van der Waals surface area (Å²) in [5, 5.41) is 5.35. The number of hydrogen-bond acceptors (Lipinski definition) is 6. The maximum Gasteiger partial charge on any atom is 0.254 e. The smallest absolute Gasteiger partial charge is 0.254 e. The first-order valence-electron chi connectivity index (χ1n) is 10.4. The van der Waals surface area contributed by atoms with Crippen LogP contribution in [0.5, 0.6) is 0 Å². The van der Waals surface area contributed by atoms with E-state index in [1.165, 1.54) is 16.2 Å². The van der Waals surface area contributed by atoms with Gasteiger partial charge in [0.15, 0.2) is 5.13 Å². The molecule has 7 nitrogen and oxygen atoms in total. The van der Waals surface area contributed by atoms with Gasteiger partial charge in [-0.2, -0.15) is 0 Å². The Morgan fingerprint density at radius 1 is 0.939 bits per heavy atom. The summed E-state index contributed by atoms with van der Waals surface area (Å²) in [6.45, 7) is 0.647. The molecule has 4 rings (SSSR count). The normalized spacial score (nSPS) is 10.5. The molecule has 0 fully saturated rings. The minimum atomic E-state index is -0.232. The molecule has 166 valence electrons. The molecule has 0 saturated heterocycles. The van der Waals surface area contributed by atoms with Crippen LogP contribution in [0.3, 0.4) is 0 Å². The van der Waals surface area contributed by atoms with Gasteiger partial charge in [-0.05, 0) is 23.3 Å². The molecule has 8 heteroatoms. The highest BCUT2D eigenvalue weighted by Crippen LogP contribution is 2.23. The van der Waals surface area contributed by atoms with Crippen molar-refractivity contribution in [1.82, 2.24) is 20.2 Å². The number of carbonyl (C=O) groups is 2. The Hall–Kier alpha value is -4.04. The molecule has 0 unspecified atom stereocenters. The van der Waals surface area contributed by atoms with Crippen molar-refractivity contribution < 1.29 is 9.59 Å². The van der Waals surface area contributed by atoms with Crippen molar-refractivity contribution in [1.29, 1.82) is 0 Å². The van der Waals surface area contributed by atoms with E-state index < -0.39 is 0 Å². The lowest BCUT2D eigenvalue weighted by Crippen LogP contribution is -2.40. The van der Waals surface area contributed by atoms with Gasteiger partial charge in [-0.25, -0.2) is 4.98 Å². The zero-order valence-electron chi connectivity index (χ0n) is 17.8. The summed E-state index contributed by atoms with van der Waals surface area (Å²) in [4.78, 5) is 35.5. The van der Waals surface area contributed by atoms with E-state index in [0.717, 1.165) is 22.4 Å². The van der Waals surface area contributed by atoms with E-state index >= 15 is 0 Å². The molecule has 4 aromatic rings. The van der Waals surface area contributed by atoms with Gasteiger partial charge in [-0.3, -0.25) is 14.6 Å². The van der Waals surface area contributed by atoms with Crippen molar-refractivity contribution in [3.05, 3.63) is 101 Å². The van der Waals surface area contributed by atoms with E-state index in [9.17, 15) is 9.59 Å². The van der Waals surface area contributed by atoms with E-state index in [1.807, 2.05) is 60.0 Å². The van der Waals surface area contributed by atoms with Crippen molar-refractivity contribution >= 4 is 28.3 Å². The van der Waals surface area contributed by atoms with Crippen molar-refractivity contribution in [2.24, 2.45) is 0 Å². The highest BCUT2D eigenvalue weighted by Gasteiger charge is 2.19. The number of nitrogens with zero attached hydrogens (tertiary/aromatic N) is 3. The van der Waals surface area contributed by atoms with Crippen LogP contribution in [-0.2, 0) is 17.9 Å². The van der Waals surface area contributed by atoms with Crippen LogP contribution in [-0.4, -0.2) is 33.2 Å². The summed E-state index contributed by atoms with van der Waals surface area (Å²) in [6.07, 6.45) is 3.13. The van der Waals surface area contributed by atoms with Gasteiger partial charge in [0, 0.05) is 42.0 Å². The molecule has 2 aromatic heterocycles. The Bertz CT molecular complexity index is 1210. The zero-order chi connectivity index (χ0) is 23.0. The number of nitrogens with two attached hydrogens (primary N) is 1. The lowest BCUT2D eigenvalue weighted by Gasteiger charge is -2.22. The lowest BCUT2D eigenvalue weighted by atomic mass is 10.1. The minimum Gasteiger partial charge on any atom is -0.375 e. The highest BCUT2D eigenvalue weighted by atomic mass is 32.1. The average Bonchev–Trinajstić information content (AvgIpc) is 3.29. The largest absolute Gasteiger partial charge is 0.375 e. The first-order chi connectivity index (χ1) is 16.1. The molecule has 3 N–H and O–H groups in total. The second kappa shape index (κ2) is 10.5. The maximum atomic E-state index is 13.0.